The molecule has 12 heavy (non-hydrogen) atoms. The molecule has 0 bridgehead atoms. The molecule has 0 aliphatic carbocycles. The Bertz CT molecular complexity index is 282. The number of aryl methyl sites for hydroxylation is 1. The molecule has 4 N–H and O–H groups in total. The van der Waals surface area contributed by atoms with Crippen molar-refractivity contribution in [3.63, 3.8) is 0 Å². The minimum Gasteiger partial charge on any atom is -0.370 e. The van der Waals surface area contributed by atoms with Gasteiger partial charge in [0.2, 0.25) is 5.91 Å². The Morgan fingerprint density at radius 2 is 2.42 bits per heavy atom. The molecule has 0 aliphatic heterocycles. The Morgan fingerprint density at radius 1 is 1.75 bits per heavy atom. The van der Waals surface area contributed by atoms with E-state index in [0.29, 0.717) is 0 Å². The number of thiophene rings is 1. The van der Waals surface area contributed by atoms with E-state index < -0.39 is 0 Å². The van der Waals surface area contributed by atoms with E-state index in [1.54, 1.807) is 11.3 Å². The van der Waals surface area contributed by atoms with Crippen LogP contribution in [0.25, 0.3) is 0 Å². The molecule has 1 aromatic heterocycles. The average Bonchev–Trinajstić information content (AvgIpc) is 2.33. The highest BCUT2D eigenvalue weighted by Gasteiger charge is 2.11. The number of amides is 1. The quantitative estimate of drug-likeness (QED) is 0.733. The fraction of sp³-hybridized carbons (Fsp3) is 0.375. The van der Waals surface area contributed by atoms with Crippen LogP contribution >= 0.6 is 11.3 Å². The lowest BCUT2D eigenvalue weighted by Gasteiger charge is -2.07. The summed E-state index contributed by atoms with van der Waals surface area (Å²) in [5.74, 6) is -0.354. The molecule has 0 radical (unpaired) electrons. The predicted molar refractivity (Wildman–Crippen MR) is 49.8 cm³/mol. The van der Waals surface area contributed by atoms with Crippen molar-refractivity contribution in [2.24, 2.45) is 11.5 Å². The highest BCUT2D eigenvalue weighted by atomic mass is 32.1. The number of rotatable bonds is 3. The van der Waals surface area contributed by atoms with Crippen molar-refractivity contribution < 1.29 is 4.79 Å². The summed E-state index contributed by atoms with van der Waals surface area (Å²) in [4.78, 5) is 11.7. The molecule has 0 aromatic carbocycles. The van der Waals surface area contributed by atoms with Crippen molar-refractivity contribution in [1.82, 2.24) is 0 Å². The van der Waals surface area contributed by atoms with Gasteiger partial charge in [-0.15, -0.1) is 11.3 Å². The molecule has 0 unspecified atom stereocenters. The highest BCUT2D eigenvalue weighted by Crippen LogP contribution is 2.22. The first-order valence-electron chi connectivity index (χ1n) is 3.69. The van der Waals surface area contributed by atoms with Crippen molar-refractivity contribution in [2.75, 3.05) is 0 Å². The summed E-state index contributed by atoms with van der Waals surface area (Å²) in [6.07, 6.45) is 0.220. The molecule has 0 saturated heterocycles. The van der Waals surface area contributed by atoms with E-state index in [2.05, 4.69) is 0 Å². The first-order valence-corrected chi connectivity index (χ1v) is 4.57. The van der Waals surface area contributed by atoms with E-state index >= 15 is 0 Å². The van der Waals surface area contributed by atoms with Gasteiger partial charge in [-0.3, -0.25) is 4.79 Å². The van der Waals surface area contributed by atoms with E-state index in [-0.39, 0.29) is 18.4 Å². The van der Waals surface area contributed by atoms with Crippen LogP contribution in [0, 0.1) is 6.92 Å². The van der Waals surface area contributed by atoms with Gasteiger partial charge in [-0.2, -0.15) is 0 Å². The van der Waals surface area contributed by atoms with Crippen LogP contribution in [0.4, 0.5) is 0 Å². The third kappa shape index (κ3) is 2.06. The van der Waals surface area contributed by atoms with Crippen LogP contribution in [-0.4, -0.2) is 5.91 Å². The summed E-state index contributed by atoms with van der Waals surface area (Å²) in [6.45, 7) is 1.99. The second kappa shape index (κ2) is 3.69. The van der Waals surface area contributed by atoms with E-state index in [4.69, 9.17) is 11.5 Å². The van der Waals surface area contributed by atoms with Gasteiger partial charge < -0.3 is 11.5 Å². The lowest BCUT2D eigenvalue weighted by atomic mass is 10.1. The van der Waals surface area contributed by atoms with Crippen LogP contribution in [0.3, 0.4) is 0 Å². The highest BCUT2D eigenvalue weighted by molar-refractivity contribution is 7.10. The lowest BCUT2D eigenvalue weighted by molar-refractivity contribution is -0.118. The molecule has 0 aliphatic rings. The van der Waals surface area contributed by atoms with Gasteiger partial charge in [0.1, 0.15) is 0 Å². The van der Waals surface area contributed by atoms with Gasteiger partial charge in [-0.1, -0.05) is 0 Å². The first kappa shape index (κ1) is 9.22. The summed E-state index contributed by atoms with van der Waals surface area (Å²) >= 11 is 1.63. The molecule has 1 atom stereocenters. The maximum atomic E-state index is 10.6. The SMILES string of the molecule is Cc1sccc1[C@H](N)CC(N)=O. The molecule has 66 valence electrons. The normalized spacial score (nSPS) is 12.8. The molecule has 1 heterocycles. The largest absolute Gasteiger partial charge is 0.370 e. The zero-order valence-corrected chi connectivity index (χ0v) is 7.73. The smallest absolute Gasteiger partial charge is 0.219 e. The molecule has 3 nitrogen and oxygen atoms in total. The molecule has 1 rings (SSSR count). The first-order chi connectivity index (χ1) is 5.61. The van der Waals surface area contributed by atoms with Crippen LogP contribution in [0.15, 0.2) is 11.4 Å². The monoisotopic (exact) mass is 184 g/mol. The van der Waals surface area contributed by atoms with Gasteiger partial charge in [0.15, 0.2) is 0 Å². The van der Waals surface area contributed by atoms with Gasteiger partial charge in [-0.05, 0) is 23.9 Å². The number of carbonyl (C=O) groups excluding carboxylic acids is 1. The maximum absolute atomic E-state index is 10.6. The molecule has 4 heteroatoms. The third-order valence-electron chi connectivity index (χ3n) is 1.72. The van der Waals surface area contributed by atoms with Crippen molar-refractivity contribution >= 4 is 17.2 Å². The van der Waals surface area contributed by atoms with Gasteiger partial charge in [0, 0.05) is 17.3 Å². The summed E-state index contributed by atoms with van der Waals surface area (Å²) in [6, 6.07) is 1.70. The summed E-state index contributed by atoms with van der Waals surface area (Å²) < 4.78 is 0. The Balaban J connectivity index is 2.71. The number of hydrogen-bond acceptors (Lipinski definition) is 3. The zero-order chi connectivity index (χ0) is 9.14. The Morgan fingerprint density at radius 3 is 2.83 bits per heavy atom. The van der Waals surface area contributed by atoms with Crippen LogP contribution in [-0.2, 0) is 4.79 Å². The van der Waals surface area contributed by atoms with Crippen LogP contribution in [0.1, 0.15) is 22.9 Å². The molecule has 0 fully saturated rings. The fourth-order valence-corrected chi connectivity index (χ4v) is 1.88. The Labute approximate surface area is 75.4 Å². The molecular weight excluding hydrogens is 172 g/mol. The summed E-state index contributed by atoms with van der Waals surface area (Å²) in [5, 5.41) is 1.96. The fourth-order valence-electron chi connectivity index (χ4n) is 1.11. The second-order valence-electron chi connectivity index (χ2n) is 2.71. The number of primary amides is 1. The molecule has 0 saturated carbocycles. The topological polar surface area (TPSA) is 69.1 Å². The molecular formula is C8H12N2OS. The number of carbonyl (C=O) groups is 1. The summed E-state index contributed by atoms with van der Waals surface area (Å²) in [5.41, 5.74) is 11.8. The van der Waals surface area contributed by atoms with Crippen LogP contribution in [0.5, 0.6) is 0 Å². The van der Waals surface area contributed by atoms with Crippen molar-refractivity contribution in [3.05, 3.63) is 21.9 Å². The second-order valence-corrected chi connectivity index (χ2v) is 3.83. The van der Waals surface area contributed by atoms with Crippen LogP contribution < -0.4 is 11.5 Å². The molecule has 1 aromatic rings. The van der Waals surface area contributed by atoms with Gasteiger partial charge >= 0.3 is 0 Å². The third-order valence-corrected chi connectivity index (χ3v) is 2.58. The average molecular weight is 184 g/mol. The molecule has 1 amide bonds. The van der Waals surface area contributed by atoms with Gasteiger partial charge in [0.25, 0.3) is 0 Å². The van der Waals surface area contributed by atoms with E-state index in [0.717, 1.165) is 10.4 Å². The minimum atomic E-state index is -0.354. The summed E-state index contributed by atoms with van der Waals surface area (Å²) in [7, 11) is 0. The molecule has 0 spiro atoms. The van der Waals surface area contributed by atoms with Crippen molar-refractivity contribution in [2.45, 2.75) is 19.4 Å². The minimum absolute atomic E-state index is 0.220. The Kier molecular flexibility index (Phi) is 2.83. The van der Waals surface area contributed by atoms with Crippen molar-refractivity contribution in [1.29, 1.82) is 0 Å². The van der Waals surface area contributed by atoms with Gasteiger partial charge in [-0.25, -0.2) is 0 Å². The van der Waals surface area contributed by atoms with Gasteiger partial charge in [0.05, 0.1) is 0 Å². The van der Waals surface area contributed by atoms with Crippen molar-refractivity contribution in [3.8, 4) is 0 Å². The Hall–Kier alpha value is -0.870. The standard InChI is InChI=1S/C8H12N2OS/c1-5-6(2-3-12-5)7(9)4-8(10)11/h2-3,7H,4,9H2,1H3,(H2,10,11)/t7-/m1/s1. The van der Waals surface area contributed by atoms with E-state index in [9.17, 15) is 4.79 Å². The van der Waals surface area contributed by atoms with Crippen LogP contribution in [0.2, 0.25) is 0 Å². The lowest BCUT2D eigenvalue weighted by Crippen LogP contribution is -2.20. The van der Waals surface area contributed by atoms with E-state index in [1.165, 1.54) is 0 Å². The predicted octanol–water partition coefficient (Wildman–Crippen LogP) is 0.932. The number of hydrogen-bond donors (Lipinski definition) is 2. The zero-order valence-electron chi connectivity index (χ0n) is 6.91. The number of nitrogens with two attached hydrogens (primary N) is 2. The maximum Gasteiger partial charge on any atom is 0.219 e. The van der Waals surface area contributed by atoms with E-state index in [1.807, 2.05) is 18.4 Å².